The van der Waals surface area contributed by atoms with E-state index in [9.17, 15) is 0 Å². The summed E-state index contributed by atoms with van der Waals surface area (Å²) in [6.07, 6.45) is 3.45. The van der Waals surface area contributed by atoms with Crippen LogP contribution in [0.3, 0.4) is 0 Å². The fourth-order valence-corrected chi connectivity index (χ4v) is 2.55. The first-order valence-electron chi connectivity index (χ1n) is 8.68. The molecule has 2 N–H and O–H groups in total. The Kier molecular flexibility index (Phi) is 6.36. The molecule has 2 aromatic carbocycles. The van der Waals surface area contributed by atoms with E-state index in [1.807, 2.05) is 30.3 Å². The fourth-order valence-electron chi connectivity index (χ4n) is 2.55. The first kappa shape index (κ1) is 17.7. The van der Waals surface area contributed by atoms with Crippen LogP contribution in [-0.4, -0.2) is 35.4 Å². The minimum atomic E-state index is 0.531. The van der Waals surface area contributed by atoms with Gasteiger partial charge in [0.1, 0.15) is 5.75 Å². The Labute approximate surface area is 153 Å². The third-order valence-corrected chi connectivity index (χ3v) is 3.98. The summed E-state index contributed by atoms with van der Waals surface area (Å²) in [5.41, 5.74) is 2.52. The van der Waals surface area contributed by atoms with Crippen molar-refractivity contribution in [2.75, 3.05) is 30.8 Å². The van der Waals surface area contributed by atoms with Crippen LogP contribution >= 0.6 is 0 Å². The van der Waals surface area contributed by atoms with Crippen LogP contribution in [0.1, 0.15) is 11.1 Å². The van der Waals surface area contributed by atoms with Crippen molar-refractivity contribution < 1.29 is 4.74 Å². The number of benzene rings is 2. The predicted molar refractivity (Wildman–Crippen MR) is 104 cm³/mol. The van der Waals surface area contributed by atoms with Crippen molar-refractivity contribution in [3.05, 3.63) is 71.9 Å². The summed E-state index contributed by atoms with van der Waals surface area (Å²) in [5, 5.41) is 14.5. The SMILES string of the molecule is COc1ccc(CCNc2nncc(NCCc3ccccc3)n2)cc1. The summed E-state index contributed by atoms with van der Waals surface area (Å²) in [7, 11) is 1.67. The quantitative estimate of drug-likeness (QED) is 0.618. The lowest BCUT2D eigenvalue weighted by atomic mass is 10.1. The van der Waals surface area contributed by atoms with Crippen molar-refractivity contribution in [2.24, 2.45) is 0 Å². The number of anilines is 2. The average molecular weight is 349 g/mol. The molecule has 26 heavy (non-hydrogen) atoms. The van der Waals surface area contributed by atoms with Crippen LogP contribution in [0.25, 0.3) is 0 Å². The first-order chi connectivity index (χ1) is 12.8. The summed E-state index contributed by atoms with van der Waals surface area (Å²) in [4.78, 5) is 4.45. The topological polar surface area (TPSA) is 72.0 Å². The fraction of sp³-hybridized carbons (Fsp3) is 0.250. The van der Waals surface area contributed by atoms with Crippen LogP contribution in [0.2, 0.25) is 0 Å². The number of rotatable bonds is 9. The number of aromatic nitrogens is 3. The Morgan fingerprint density at radius 2 is 1.54 bits per heavy atom. The molecule has 0 aliphatic rings. The zero-order chi connectivity index (χ0) is 18.0. The minimum Gasteiger partial charge on any atom is -0.497 e. The summed E-state index contributed by atoms with van der Waals surface area (Å²) in [6, 6.07) is 18.4. The van der Waals surface area contributed by atoms with Gasteiger partial charge >= 0.3 is 0 Å². The molecule has 0 aliphatic carbocycles. The highest BCUT2D eigenvalue weighted by Crippen LogP contribution is 2.12. The number of hydrogen-bond donors (Lipinski definition) is 2. The third kappa shape index (κ3) is 5.44. The summed E-state index contributed by atoms with van der Waals surface area (Å²) in [5.74, 6) is 2.12. The van der Waals surface area contributed by atoms with Gasteiger partial charge in [0.25, 0.3) is 0 Å². The Balaban J connectivity index is 1.44. The van der Waals surface area contributed by atoms with Crippen LogP contribution in [0.5, 0.6) is 5.75 Å². The maximum atomic E-state index is 5.17. The van der Waals surface area contributed by atoms with Crippen LogP contribution in [0, 0.1) is 0 Å². The standard InChI is InChI=1S/C20H23N5O/c1-26-18-9-7-17(8-10-18)12-14-22-20-24-19(15-23-25-20)21-13-11-16-5-3-2-4-6-16/h2-10,15H,11-14H2,1H3,(H2,21,22,24,25). The molecule has 0 saturated heterocycles. The molecule has 6 nitrogen and oxygen atoms in total. The molecule has 0 aliphatic heterocycles. The van der Waals surface area contributed by atoms with E-state index in [1.165, 1.54) is 11.1 Å². The van der Waals surface area contributed by atoms with Crippen molar-refractivity contribution >= 4 is 11.8 Å². The number of ether oxygens (including phenoxy) is 1. The normalized spacial score (nSPS) is 10.3. The smallest absolute Gasteiger partial charge is 0.244 e. The Hall–Kier alpha value is -3.15. The highest BCUT2D eigenvalue weighted by atomic mass is 16.5. The second-order valence-electron chi connectivity index (χ2n) is 5.85. The van der Waals surface area contributed by atoms with Gasteiger partial charge in [-0.25, -0.2) is 0 Å². The van der Waals surface area contributed by atoms with E-state index < -0.39 is 0 Å². The molecule has 0 fully saturated rings. The molecular formula is C20H23N5O. The molecule has 0 bridgehead atoms. The molecule has 0 unspecified atom stereocenters. The van der Waals surface area contributed by atoms with Crippen molar-refractivity contribution in [2.45, 2.75) is 12.8 Å². The van der Waals surface area contributed by atoms with Gasteiger partial charge in [0.05, 0.1) is 13.3 Å². The van der Waals surface area contributed by atoms with Crippen molar-refractivity contribution in [3.8, 4) is 5.75 Å². The molecule has 0 spiro atoms. The largest absolute Gasteiger partial charge is 0.497 e. The van der Waals surface area contributed by atoms with E-state index >= 15 is 0 Å². The minimum absolute atomic E-state index is 0.531. The second-order valence-corrected chi connectivity index (χ2v) is 5.85. The molecule has 0 atom stereocenters. The van der Waals surface area contributed by atoms with Gasteiger partial charge in [0.2, 0.25) is 5.95 Å². The lowest BCUT2D eigenvalue weighted by Crippen LogP contribution is -2.12. The summed E-state index contributed by atoms with van der Waals surface area (Å²) in [6.45, 7) is 1.54. The van der Waals surface area contributed by atoms with Gasteiger partial charge < -0.3 is 15.4 Å². The van der Waals surface area contributed by atoms with Gasteiger partial charge in [-0.05, 0) is 36.1 Å². The van der Waals surface area contributed by atoms with Gasteiger partial charge in [-0.1, -0.05) is 42.5 Å². The number of nitrogens with zero attached hydrogens (tertiary/aromatic N) is 3. The second kappa shape index (κ2) is 9.36. The van der Waals surface area contributed by atoms with Crippen LogP contribution in [0.15, 0.2) is 60.8 Å². The highest BCUT2D eigenvalue weighted by Gasteiger charge is 2.01. The van der Waals surface area contributed by atoms with E-state index in [2.05, 4.69) is 50.1 Å². The van der Waals surface area contributed by atoms with Gasteiger partial charge in [0, 0.05) is 13.1 Å². The predicted octanol–water partition coefficient (Wildman–Crippen LogP) is 3.19. The molecule has 1 aromatic heterocycles. The van der Waals surface area contributed by atoms with Crippen molar-refractivity contribution in [1.82, 2.24) is 15.2 Å². The summed E-state index contributed by atoms with van der Waals surface area (Å²) >= 11 is 0. The van der Waals surface area contributed by atoms with Crippen LogP contribution in [-0.2, 0) is 12.8 Å². The lowest BCUT2D eigenvalue weighted by molar-refractivity contribution is 0.414. The van der Waals surface area contributed by atoms with Gasteiger partial charge in [0.15, 0.2) is 5.82 Å². The third-order valence-electron chi connectivity index (χ3n) is 3.98. The van der Waals surface area contributed by atoms with Crippen LogP contribution < -0.4 is 15.4 Å². The zero-order valence-corrected chi connectivity index (χ0v) is 14.9. The molecule has 3 aromatic rings. The van der Waals surface area contributed by atoms with Crippen molar-refractivity contribution in [1.29, 1.82) is 0 Å². The number of methoxy groups -OCH3 is 1. The molecule has 0 saturated carbocycles. The maximum absolute atomic E-state index is 5.17. The molecule has 6 heteroatoms. The molecule has 0 amide bonds. The van der Waals surface area contributed by atoms with Gasteiger partial charge in [-0.15, -0.1) is 5.10 Å². The Morgan fingerprint density at radius 1 is 0.846 bits per heavy atom. The highest BCUT2D eigenvalue weighted by molar-refractivity contribution is 5.37. The summed E-state index contributed by atoms with van der Waals surface area (Å²) < 4.78 is 5.17. The lowest BCUT2D eigenvalue weighted by Gasteiger charge is -2.08. The van der Waals surface area contributed by atoms with Gasteiger partial charge in [-0.3, -0.25) is 0 Å². The first-order valence-corrected chi connectivity index (χ1v) is 8.68. The van der Waals surface area contributed by atoms with E-state index in [-0.39, 0.29) is 0 Å². The molecule has 1 heterocycles. The molecule has 0 radical (unpaired) electrons. The average Bonchev–Trinajstić information content (AvgIpc) is 2.70. The monoisotopic (exact) mass is 349 g/mol. The van der Waals surface area contributed by atoms with Crippen LogP contribution in [0.4, 0.5) is 11.8 Å². The Bertz CT molecular complexity index is 793. The zero-order valence-electron chi connectivity index (χ0n) is 14.9. The number of hydrogen-bond acceptors (Lipinski definition) is 6. The molecule has 3 rings (SSSR count). The van der Waals surface area contributed by atoms with E-state index in [1.54, 1.807) is 13.3 Å². The number of nitrogens with one attached hydrogen (secondary N) is 2. The maximum Gasteiger partial charge on any atom is 0.244 e. The molecular weight excluding hydrogens is 326 g/mol. The van der Waals surface area contributed by atoms with Gasteiger partial charge in [-0.2, -0.15) is 10.1 Å². The Morgan fingerprint density at radius 3 is 2.27 bits per heavy atom. The van der Waals surface area contributed by atoms with E-state index in [4.69, 9.17) is 4.74 Å². The molecule has 134 valence electrons. The van der Waals surface area contributed by atoms with E-state index in [0.717, 1.165) is 37.5 Å². The van der Waals surface area contributed by atoms with Crippen molar-refractivity contribution in [3.63, 3.8) is 0 Å². The van der Waals surface area contributed by atoms with E-state index in [0.29, 0.717) is 5.95 Å².